The molecular formula is C10H10N4O2S. The number of amides is 1. The molecule has 88 valence electrons. The number of carbonyl (C=O) groups is 1. The van der Waals surface area contributed by atoms with Crippen LogP contribution in [0.4, 0.5) is 0 Å². The van der Waals surface area contributed by atoms with E-state index in [9.17, 15) is 4.79 Å². The van der Waals surface area contributed by atoms with E-state index < -0.39 is 11.2 Å². The minimum absolute atomic E-state index is 0.315. The van der Waals surface area contributed by atoms with Crippen molar-refractivity contribution in [3.63, 3.8) is 0 Å². The van der Waals surface area contributed by atoms with Crippen LogP contribution < -0.4 is 5.73 Å². The van der Waals surface area contributed by atoms with E-state index in [-0.39, 0.29) is 0 Å². The van der Waals surface area contributed by atoms with Gasteiger partial charge in [-0.05, 0) is 19.1 Å². The van der Waals surface area contributed by atoms with E-state index >= 15 is 0 Å². The summed E-state index contributed by atoms with van der Waals surface area (Å²) < 4.78 is 5.38. The van der Waals surface area contributed by atoms with Gasteiger partial charge in [-0.3, -0.25) is 9.78 Å². The highest BCUT2D eigenvalue weighted by molar-refractivity contribution is 8.00. The van der Waals surface area contributed by atoms with Crippen LogP contribution in [0.5, 0.6) is 0 Å². The van der Waals surface area contributed by atoms with E-state index in [1.54, 1.807) is 25.4 Å². The number of thioether (sulfide) groups is 1. The quantitative estimate of drug-likeness (QED) is 0.816. The maximum Gasteiger partial charge on any atom is 0.277 e. The highest BCUT2D eigenvalue weighted by Crippen LogP contribution is 2.25. The van der Waals surface area contributed by atoms with Crippen LogP contribution >= 0.6 is 11.8 Å². The van der Waals surface area contributed by atoms with Gasteiger partial charge < -0.3 is 10.2 Å². The minimum atomic E-state index is -0.420. The zero-order valence-corrected chi connectivity index (χ0v) is 9.85. The number of rotatable bonds is 4. The number of hydrogen-bond donors (Lipinski definition) is 1. The molecule has 0 aromatic carbocycles. The molecule has 0 aliphatic rings. The first-order valence-electron chi connectivity index (χ1n) is 4.86. The number of carbonyl (C=O) groups excluding carboxylic acids is 1. The molecule has 1 unspecified atom stereocenters. The lowest BCUT2D eigenvalue weighted by atomic mass is 10.3. The first-order chi connectivity index (χ1) is 8.16. The Morgan fingerprint density at radius 3 is 3.00 bits per heavy atom. The van der Waals surface area contributed by atoms with Crippen molar-refractivity contribution in [2.45, 2.75) is 17.4 Å². The summed E-state index contributed by atoms with van der Waals surface area (Å²) in [7, 11) is 0. The summed E-state index contributed by atoms with van der Waals surface area (Å²) in [6, 6.07) is 3.59. The largest absolute Gasteiger partial charge is 0.411 e. The van der Waals surface area contributed by atoms with Crippen LogP contribution in [0.3, 0.4) is 0 Å². The summed E-state index contributed by atoms with van der Waals surface area (Å²) in [5, 5.41) is 7.60. The molecule has 7 heteroatoms. The van der Waals surface area contributed by atoms with E-state index in [4.69, 9.17) is 10.2 Å². The molecule has 2 aromatic heterocycles. The average molecular weight is 250 g/mol. The molecule has 2 heterocycles. The zero-order chi connectivity index (χ0) is 12.3. The van der Waals surface area contributed by atoms with Crippen LogP contribution in [0.2, 0.25) is 0 Å². The summed E-state index contributed by atoms with van der Waals surface area (Å²) in [5.41, 5.74) is 5.88. The van der Waals surface area contributed by atoms with E-state index in [2.05, 4.69) is 15.2 Å². The van der Waals surface area contributed by atoms with Gasteiger partial charge in [-0.15, -0.1) is 10.2 Å². The molecule has 2 N–H and O–H groups in total. The highest BCUT2D eigenvalue weighted by Gasteiger charge is 2.16. The minimum Gasteiger partial charge on any atom is -0.411 e. The van der Waals surface area contributed by atoms with Crippen molar-refractivity contribution in [3.05, 3.63) is 24.5 Å². The van der Waals surface area contributed by atoms with Crippen LogP contribution in [0.15, 0.2) is 34.2 Å². The molecule has 0 bridgehead atoms. The second kappa shape index (κ2) is 4.96. The molecule has 0 saturated carbocycles. The van der Waals surface area contributed by atoms with Gasteiger partial charge in [0.2, 0.25) is 11.8 Å². The summed E-state index contributed by atoms with van der Waals surface area (Å²) >= 11 is 1.13. The predicted molar refractivity (Wildman–Crippen MR) is 62.0 cm³/mol. The lowest BCUT2D eigenvalue weighted by molar-refractivity contribution is -0.117. The fourth-order valence-electron chi connectivity index (χ4n) is 1.07. The van der Waals surface area contributed by atoms with E-state index in [0.717, 1.165) is 17.3 Å². The van der Waals surface area contributed by atoms with Gasteiger partial charge in [-0.2, -0.15) is 0 Å². The van der Waals surface area contributed by atoms with Crippen molar-refractivity contribution in [1.82, 2.24) is 15.2 Å². The molecule has 6 nitrogen and oxygen atoms in total. The van der Waals surface area contributed by atoms with Gasteiger partial charge in [0.1, 0.15) is 0 Å². The fourth-order valence-corrected chi connectivity index (χ4v) is 1.71. The maximum absolute atomic E-state index is 10.9. The number of pyridine rings is 1. The number of hydrogen-bond acceptors (Lipinski definition) is 6. The molecule has 0 saturated heterocycles. The van der Waals surface area contributed by atoms with Crippen molar-refractivity contribution >= 4 is 17.7 Å². The van der Waals surface area contributed by atoms with Crippen LogP contribution in [-0.2, 0) is 4.79 Å². The molecule has 0 fully saturated rings. The predicted octanol–water partition coefficient (Wildman–Crippen LogP) is 1.10. The number of primary amides is 1. The van der Waals surface area contributed by atoms with Gasteiger partial charge in [-0.25, -0.2) is 0 Å². The lowest BCUT2D eigenvalue weighted by Crippen LogP contribution is -2.22. The summed E-state index contributed by atoms with van der Waals surface area (Å²) in [6.45, 7) is 1.68. The summed E-state index contributed by atoms with van der Waals surface area (Å²) in [4.78, 5) is 14.8. The van der Waals surface area contributed by atoms with Gasteiger partial charge in [0.05, 0.1) is 10.8 Å². The van der Waals surface area contributed by atoms with Crippen LogP contribution in [0.25, 0.3) is 11.5 Å². The second-order valence-corrected chi connectivity index (χ2v) is 4.57. The Morgan fingerprint density at radius 2 is 2.35 bits per heavy atom. The van der Waals surface area contributed by atoms with Crippen LogP contribution in [-0.4, -0.2) is 26.3 Å². The van der Waals surface area contributed by atoms with Crippen molar-refractivity contribution in [1.29, 1.82) is 0 Å². The first kappa shape index (κ1) is 11.6. The van der Waals surface area contributed by atoms with E-state index in [0.29, 0.717) is 11.1 Å². The molecule has 2 aromatic rings. The van der Waals surface area contributed by atoms with Gasteiger partial charge >= 0.3 is 0 Å². The van der Waals surface area contributed by atoms with Crippen LogP contribution in [0.1, 0.15) is 6.92 Å². The molecule has 2 rings (SSSR count). The summed E-state index contributed by atoms with van der Waals surface area (Å²) in [6.07, 6.45) is 3.28. The maximum atomic E-state index is 10.9. The van der Waals surface area contributed by atoms with Crippen molar-refractivity contribution in [2.24, 2.45) is 5.73 Å². The molecule has 0 radical (unpaired) electrons. The number of nitrogens with two attached hydrogens (primary N) is 1. The number of aromatic nitrogens is 3. The average Bonchev–Trinajstić information content (AvgIpc) is 2.78. The Kier molecular flexibility index (Phi) is 3.38. The lowest BCUT2D eigenvalue weighted by Gasteiger charge is -2.00. The topological polar surface area (TPSA) is 94.9 Å². The molecule has 0 aliphatic carbocycles. The molecule has 0 spiro atoms. The Hall–Kier alpha value is -1.89. The Morgan fingerprint density at radius 1 is 1.53 bits per heavy atom. The van der Waals surface area contributed by atoms with Gasteiger partial charge in [0.25, 0.3) is 5.22 Å². The summed E-state index contributed by atoms with van der Waals surface area (Å²) in [5.74, 6) is -0.0478. The van der Waals surface area contributed by atoms with E-state index in [1.165, 1.54) is 0 Å². The van der Waals surface area contributed by atoms with E-state index in [1.807, 2.05) is 6.07 Å². The Balaban J connectivity index is 2.14. The third-order valence-corrected chi connectivity index (χ3v) is 2.95. The zero-order valence-electron chi connectivity index (χ0n) is 9.03. The highest BCUT2D eigenvalue weighted by atomic mass is 32.2. The number of nitrogens with zero attached hydrogens (tertiary/aromatic N) is 3. The Bertz CT molecular complexity index is 514. The molecule has 1 atom stereocenters. The van der Waals surface area contributed by atoms with Gasteiger partial charge in [0.15, 0.2) is 0 Å². The third kappa shape index (κ3) is 2.82. The third-order valence-electron chi connectivity index (χ3n) is 1.99. The smallest absolute Gasteiger partial charge is 0.277 e. The van der Waals surface area contributed by atoms with Gasteiger partial charge in [-0.1, -0.05) is 11.8 Å². The molecule has 0 aliphatic heterocycles. The monoisotopic (exact) mass is 250 g/mol. The molecule has 17 heavy (non-hydrogen) atoms. The SMILES string of the molecule is CC(Sc1nnc(-c2cccnc2)o1)C(N)=O. The van der Waals surface area contributed by atoms with Gasteiger partial charge in [0, 0.05) is 12.4 Å². The Labute approximate surface area is 102 Å². The molecule has 1 amide bonds. The normalized spacial score (nSPS) is 12.3. The second-order valence-electron chi connectivity index (χ2n) is 3.28. The molecular weight excluding hydrogens is 240 g/mol. The fraction of sp³-hybridized carbons (Fsp3) is 0.200. The van der Waals surface area contributed by atoms with Crippen molar-refractivity contribution < 1.29 is 9.21 Å². The first-order valence-corrected chi connectivity index (χ1v) is 5.74. The van der Waals surface area contributed by atoms with Crippen molar-refractivity contribution in [2.75, 3.05) is 0 Å². The van der Waals surface area contributed by atoms with Crippen LogP contribution in [0, 0.1) is 0 Å². The standard InChI is InChI=1S/C10H10N4O2S/c1-6(8(11)15)17-10-14-13-9(16-10)7-3-2-4-12-5-7/h2-6H,1H3,(H2,11,15). The van der Waals surface area contributed by atoms with Crippen molar-refractivity contribution in [3.8, 4) is 11.5 Å².